The number of nitrogens with one attached hydrogen (secondary N) is 1. The Balaban J connectivity index is 2.21. The van der Waals surface area contributed by atoms with Crippen molar-refractivity contribution in [2.45, 2.75) is 0 Å². The van der Waals surface area contributed by atoms with Crippen LogP contribution < -0.4 is 10.9 Å². The molecule has 0 unspecified atom stereocenters. The lowest BCUT2D eigenvalue weighted by Gasteiger charge is -2.01. The van der Waals surface area contributed by atoms with Gasteiger partial charge in [0.05, 0.1) is 12.5 Å². The lowest BCUT2D eigenvalue weighted by Crippen LogP contribution is -2.21. The van der Waals surface area contributed by atoms with E-state index < -0.39 is 5.91 Å². The number of hydrogen-bond donors (Lipinski definition) is 1. The van der Waals surface area contributed by atoms with E-state index in [1.165, 1.54) is 23.4 Å². The van der Waals surface area contributed by atoms with Gasteiger partial charge in [-0.2, -0.15) is 0 Å². The number of anilines is 1. The molecule has 0 aliphatic heterocycles. The maximum atomic E-state index is 11.6. The van der Waals surface area contributed by atoms with Crippen molar-refractivity contribution in [3.05, 3.63) is 40.9 Å². The highest BCUT2D eigenvalue weighted by molar-refractivity contribution is 6.02. The smallest absolute Gasteiger partial charge is 0.274 e. The molecular formula is C9H8N4O3. The fraction of sp³-hybridized carbons (Fsp3) is 0.111. The molecule has 1 N–H and O–H groups in total. The predicted octanol–water partition coefficient (Wildman–Crippen LogP) is 0.0206. The molecule has 0 radical (unpaired) electrons. The topological polar surface area (TPSA) is 90.0 Å². The van der Waals surface area contributed by atoms with Gasteiger partial charge >= 0.3 is 0 Å². The van der Waals surface area contributed by atoms with Gasteiger partial charge in [0.25, 0.3) is 11.5 Å². The number of carbonyl (C=O) groups excluding carboxylic acids is 1. The standard InChI is InChI=1S/C9H8N4O3/c1-13-5-10-7(2-8(13)14)9(15)12-6-3-11-16-4-6/h2-5H,1H3,(H,12,15). The van der Waals surface area contributed by atoms with Crippen LogP contribution in [0, 0.1) is 0 Å². The molecule has 2 aromatic rings. The molecule has 0 saturated heterocycles. The second-order valence-electron chi connectivity index (χ2n) is 3.09. The van der Waals surface area contributed by atoms with E-state index in [1.807, 2.05) is 0 Å². The Morgan fingerprint density at radius 1 is 1.56 bits per heavy atom. The third kappa shape index (κ3) is 1.97. The molecule has 0 aromatic carbocycles. The Kier molecular flexibility index (Phi) is 2.50. The molecule has 0 saturated carbocycles. The van der Waals surface area contributed by atoms with Gasteiger partial charge in [-0.3, -0.25) is 9.59 Å². The lowest BCUT2D eigenvalue weighted by atomic mass is 10.3. The largest absolute Gasteiger partial charge is 0.363 e. The maximum Gasteiger partial charge on any atom is 0.274 e. The molecule has 7 heteroatoms. The molecule has 0 fully saturated rings. The summed E-state index contributed by atoms with van der Waals surface area (Å²) in [5.74, 6) is -0.485. The molecule has 7 nitrogen and oxygen atoms in total. The maximum absolute atomic E-state index is 11.6. The van der Waals surface area contributed by atoms with Gasteiger partial charge in [-0.1, -0.05) is 5.16 Å². The van der Waals surface area contributed by atoms with E-state index in [9.17, 15) is 9.59 Å². The van der Waals surface area contributed by atoms with Crippen molar-refractivity contribution in [2.75, 3.05) is 5.32 Å². The van der Waals surface area contributed by atoms with Crippen LogP contribution >= 0.6 is 0 Å². The molecule has 0 bridgehead atoms. The first-order valence-electron chi connectivity index (χ1n) is 4.40. The van der Waals surface area contributed by atoms with Crippen molar-refractivity contribution in [3.8, 4) is 0 Å². The average molecular weight is 220 g/mol. The van der Waals surface area contributed by atoms with Gasteiger partial charge in [-0.25, -0.2) is 4.98 Å². The number of aromatic nitrogens is 3. The average Bonchev–Trinajstić information content (AvgIpc) is 2.74. The van der Waals surface area contributed by atoms with Crippen molar-refractivity contribution in [3.63, 3.8) is 0 Å². The summed E-state index contributed by atoms with van der Waals surface area (Å²) in [5.41, 5.74) is 0.155. The highest BCUT2D eigenvalue weighted by atomic mass is 16.5. The van der Waals surface area contributed by atoms with Gasteiger partial charge in [-0.15, -0.1) is 0 Å². The Labute approximate surface area is 89.7 Å². The minimum Gasteiger partial charge on any atom is -0.363 e. The van der Waals surface area contributed by atoms with Gasteiger partial charge in [0, 0.05) is 13.1 Å². The zero-order valence-corrected chi connectivity index (χ0v) is 8.38. The Morgan fingerprint density at radius 2 is 2.38 bits per heavy atom. The normalized spacial score (nSPS) is 10.1. The van der Waals surface area contributed by atoms with Gasteiger partial charge in [0.2, 0.25) is 0 Å². The highest BCUT2D eigenvalue weighted by Crippen LogP contribution is 2.04. The molecule has 1 amide bonds. The van der Waals surface area contributed by atoms with E-state index in [0.29, 0.717) is 5.69 Å². The Bertz CT molecular complexity index is 558. The summed E-state index contributed by atoms with van der Waals surface area (Å²) in [6, 6.07) is 1.16. The summed E-state index contributed by atoms with van der Waals surface area (Å²) in [6.07, 6.45) is 3.91. The first-order chi connectivity index (χ1) is 7.66. The second kappa shape index (κ2) is 3.97. The van der Waals surface area contributed by atoms with E-state index in [2.05, 4.69) is 20.0 Å². The van der Waals surface area contributed by atoms with Crippen LogP contribution in [0.15, 0.2) is 34.2 Å². The van der Waals surface area contributed by atoms with E-state index in [-0.39, 0.29) is 11.3 Å². The van der Waals surface area contributed by atoms with Crippen LogP contribution in [0.1, 0.15) is 10.5 Å². The van der Waals surface area contributed by atoms with E-state index >= 15 is 0 Å². The molecule has 2 rings (SSSR count). The summed E-state index contributed by atoms with van der Waals surface area (Å²) >= 11 is 0. The molecule has 0 aliphatic carbocycles. The molecule has 16 heavy (non-hydrogen) atoms. The Hall–Kier alpha value is -2.44. The quantitative estimate of drug-likeness (QED) is 0.770. The van der Waals surface area contributed by atoms with E-state index in [0.717, 1.165) is 6.07 Å². The van der Waals surface area contributed by atoms with E-state index in [4.69, 9.17) is 0 Å². The van der Waals surface area contributed by atoms with Crippen LogP contribution in [0.4, 0.5) is 5.69 Å². The Morgan fingerprint density at radius 3 is 3.00 bits per heavy atom. The minimum atomic E-state index is -0.485. The van der Waals surface area contributed by atoms with Gasteiger partial charge in [-0.05, 0) is 0 Å². The summed E-state index contributed by atoms with van der Waals surface area (Å²) in [4.78, 5) is 26.7. The first-order valence-corrected chi connectivity index (χ1v) is 4.40. The third-order valence-corrected chi connectivity index (χ3v) is 1.90. The number of aryl methyl sites for hydroxylation is 1. The monoisotopic (exact) mass is 220 g/mol. The van der Waals surface area contributed by atoms with Crippen LogP contribution in [0.5, 0.6) is 0 Å². The third-order valence-electron chi connectivity index (χ3n) is 1.90. The van der Waals surface area contributed by atoms with Crippen LogP contribution in [0.3, 0.4) is 0 Å². The molecular weight excluding hydrogens is 212 g/mol. The van der Waals surface area contributed by atoms with Crippen molar-refractivity contribution in [2.24, 2.45) is 7.05 Å². The number of hydrogen-bond acceptors (Lipinski definition) is 5. The lowest BCUT2D eigenvalue weighted by molar-refractivity contribution is 0.102. The van der Waals surface area contributed by atoms with Crippen LogP contribution in [-0.2, 0) is 7.05 Å². The number of amides is 1. The van der Waals surface area contributed by atoms with Gasteiger partial charge in [0.15, 0.2) is 0 Å². The highest BCUT2D eigenvalue weighted by Gasteiger charge is 2.09. The molecule has 2 heterocycles. The summed E-state index contributed by atoms with van der Waals surface area (Å²) < 4.78 is 5.82. The first kappa shape index (κ1) is 10.1. The molecule has 0 atom stereocenters. The SMILES string of the molecule is Cn1cnc(C(=O)Nc2cnoc2)cc1=O. The number of nitrogens with zero attached hydrogens (tertiary/aromatic N) is 3. The van der Waals surface area contributed by atoms with E-state index in [1.54, 1.807) is 7.05 Å². The van der Waals surface area contributed by atoms with Crippen LogP contribution in [-0.4, -0.2) is 20.6 Å². The van der Waals surface area contributed by atoms with Gasteiger partial charge in [0.1, 0.15) is 17.6 Å². The molecule has 0 spiro atoms. The zero-order chi connectivity index (χ0) is 11.5. The van der Waals surface area contributed by atoms with Crippen molar-refractivity contribution >= 4 is 11.6 Å². The number of rotatable bonds is 2. The molecule has 0 aliphatic rings. The van der Waals surface area contributed by atoms with Crippen LogP contribution in [0.25, 0.3) is 0 Å². The minimum absolute atomic E-state index is 0.0456. The zero-order valence-electron chi connectivity index (χ0n) is 8.38. The van der Waals surface area contributed by atoms with Crippen molar-refractivity contribution in [1.82, 2.24) is 14.7 Å². The van der Waals surface area contributed by atoms with Crippen molar-refractivity contribution < 1.29 is 9.32 Å². The fourth-order valence-corrected chi connectivity index (χ4v) is 1.05. The molecule has 82 valence electrons. The fourth-order valence-electron chi connectivity index (χ4n) is 1.05. The van der Waals surface area contributed by atoms with Crippen LogP contribution in [0.2, 0.25) is 0 Å². The number of carbonyl (C=O) groups is 1. The summed E-state index contributed by atoms with van der Waals surface area (Å²) in [7, 11) is 1.55. The van der Waals surface area contributed by atoms with Gasteiger partial charge < -0.3 is 14.4 Å². The predicted molar refractivity (Wildman–Crippen MR) is 53.9 cm³/mol. The molecule has 2 aromatic heterocycles. The van der Waals surface area contributed by atoms with Crippen molar-refractivity contribution in [1.29, 1.82) is 0 Å². The summed E-state index contributed by atoms with van der Waals surface area (Å²) in [5, 5.41) is 5.90. The summed E-state index contributed by atoms with van der Waals surface area (Å²) in [6.45, 7) is 0. The second-order valence-corrected chi connectivity index (χ2v) is 3.09.